The molecule has 3 aromatic rings. The minimum Gasteiger partial charge on any atom is -0.335 e. The van der Waals surface area contributed by atoms with E-state index < -0.39 is 0 Å². The summed E-state index contributed by atoms with van der Waals surface area (Å²) in [5, 5.41) is 4.82. The number of halogens is 1. The lowest BCUT2D eigenvalue weighted by atomic mass is 10.2. The van der Waals surface area contributed by atoms with Crippen LogP contribution in [0.25, 0.3) is 10.4 Å². The van der Waals surface area contributed by atoms with E-state index in [9.17, 15) is 4.79 Å². The molecule has 1 amide bonds. The summed E-state index contributed by atoms with van der Waals surface area (Å²) < 4.78 is 3.94. The summed E-state index contributed by atoms with van der Waals surface area (Å²) in [6, 6.07) is 12.3. The van der Waals surface area contributed by atoms with Gasteiger partial charge in [-0.25, -0.2) is 0 Å². The number of amides is 1. The molecule has 3 heterocycles. The highest BCUT2D eigenvalue weighted by molar-refractivity contribution is 7.15. The summed E-state index contributed by atoms with van der Waals surface area (Å²) in [4.78, 5) is 20.3. The van der Waals surface area contributed by atoms with Crippen LogP contribution in [0.4, 0.5) is 0 Å². The summed E-state index contributed by atoms with van der Waals surface area (Å²) in [7, 11) is 0. The molecule has 0 radical (unpaired) electrons. The predicted molar refractivity (Wildman–Crippen MR) is 115 cm³/mol. The quantitative estimate of drug-likeness (QED) is 0.598. The lowest BCUT2D eigenvalue weighted by Gasteiger charge is -2.34. The number of piperazine rings is 1. The summed E-state index contributed by atoms with van der Waals surface area (Å²) in [6.45, 7) is 6.16. The molecular formula is C20H21ClN4OS2. The van der Waals surface area contributed by atoms with Crippen molar-refractivity contribution in [3.8, 4) is 10.4 Å². The third-order valence-corrected chi connectivity index (χ3v) is 7.00. The minimum absolute atomic E-state index is 0.0749. The maximum Gasteiger partial charge on any atom is 0.267 e. The van der Waals surface area contributed by atoms with Gasteiger partial charge < -0.3 is 4.90 Å². The third-order valence-electron chi connectivity index (χ3n) is 4.89. The van der Waals surface area contributed by atoms with Crippen molar-refractivity contribution in [3.63, 3.8) is 0 Å². The number of aryl methyl sites for hydroxylation is 1. The van der Waals surface area contributed by atoms with Crippen LogP contribution >= 0.6 is 34.5 Å². The van der Waals surface area contributed by atoms with Crippen LogP contribution in [0, 0.1) is 0 Å². The standard InChI is InChI=1S/C20H21ClN4OS2/c1-2-17-19(28-23-22-17)20(26)25-10-8-24(9-11-25)13-16-6-7-18(27-16)14-4-3-5-15(21)12-14/h3-7,12H,2,8-11,13H2,1H3. The summed E-state index contributed by atoms with van der Waals surface area (Å²) >= 11 is 9.12. The first kappa shape index (κ1) is 19.5. The average molecular weight is 433 g/mol. The van der Waals surface area contributed by atoms with Gasteiger partial charge in [0.05, 0.1) is 5.69 Å². The molecule has 1 aliphatic rings. The molecule has 8 heteroatoms. The number of hydrogen-bond donors (Lipinski definition) is 0. The highest BCUT2D eigenvalue weighted by Gasteiger charge is 2.25. The normalized spacial score (nSPS) is 15.1. The number of carbonyl (C=O) groups excluding carboxylic acids is 1. The zero-order chi connectivity index (χ0) is 19.5. The molecular weight excluding hydrogens is 412 g/mol. The Morgan fingerprint density at radius 2 is 2.00 bits per heavy atom. The van der Waals surface area contributed by atoms with Gasteiger partial charge in [0.1, 0.15) is 4.88 Å². The Hall–Kier alpha value is -1.80. The molecule has 1 aromatic carbocycles. The highest BCUT2D eigenvalue weighted by Crippen LogP contribution is 2.30. The van der Waals surface area contributed by atoms with Crippen molar-refractivity contribution in [1.29, 1.82) is 0 Å². The summed E-state index contributed by atoms with van der Waals surface area (Å²) in [5.74, 6) is 0.0749. The van der Waals surface area contributed by atoms with Crippen molar-refractivity contribution >= 4 is 40.4 Å². The van der Waals surface area contributed by atoms with Crippen LogP contribution in [-0.2, 0) is 13.0 Å². The molecule has 1 fully saturated rings. The SMILES string of the molecule is CCc1nnsc1C(=O)N1CCN(Cc2ccc(-c3cccc(Cl)c3)s2)CC1. The van der Waals surface area contributed by atoms with Crippen molar-refractivity contribution in [1.82, 2.24) is 19.4 Å². The Bertz CT molecular complexity index is 963. The van der Waals surface area contributed by atoms with Crippen molar-refractivity contribution in [2.75, 3.05) is 26.2 Å². The Balaban J connectivity index is 1.34. The second-order valence-corrected chi connectivity index (χ2v) is 9.11. The van der Waals surface area contributed by atoms with Gasteiger partial charge in [0.2, 0.25) is 0 Å². The van der Waals surface area contributed by atoms with Crippen molar-refractivity contribution in [3.05, 3.63) is 56.9 Å². The molecule has 0 saturated carbocycles. The monoisotopic (exact) mass is 432 g/mol. The van der Waals surface area contributed by atoms with E-state index in [1.54, 1.807) is 11.3 Å². The Kier molecular flexibility index (Phi) is 6.06. The first-order valence-corrected chi connectivity index (χ1v) is 11.3. The minimum atomic E-state index is 0.0749. The number of benzene rings is 1. The van der Waals surface area contributed by atoms with E-state index in [0.717, 1.165) is 55.4 Å². The van der Waals surface area contributed by atoms with Gasteiger partial charge in [-0.05, 0) is 47.8 Å². The van der Waals surface area contributed by atoms with Crippen LogP contribution in [0.15, 0.2) is 36.4 Å². The lowest BCUT2D eigenvalue weighted by Crippen LogP contribution is -2.48. The fourth-order valence-electron chi connectivity index (χ4n) is 3.34. The summed E-state index contributed by atoms with van der Waals surface area (Å²) in [5.41, 5.74) is 1.97. The number of thiophene rings is 1. The van der Waals surface area contributed by atoms with Crippen molar-refractivity contribution < 1.29 is 4.79 Å². The molecule has 0 bridgehead atoms. The number of carbonyl (C=O) groups is 1. The van der Waals surface area contributed by atoms with Crippen LogP contribution in [-0.4, -0.2) is 51.5 Å². The van der Waals surface area contributed by atoms with Gasteiger partial charge in [-0.2, -0.15) is 0 Å². The predicted octanol–water partition coefficient (Wildman–Crippen LogP) is 4.44. The van der Waals surface area contributed by atoms with Gasteiger partial charge in [-0.3, -0.25) is 9.69 Å². The molecule has 1 saturated heterocycles. The maximum atomic E-state index is 12.7. The van der Waals surface area contributed by atoms with Gasteiger partial charge in [-0.15, -0.1) is 16.4 Å². The van der Waals surface area contributed by atoms with Crippen molar-refractivity contribution in [2.24, 2.45) is 0 Å². The molecule has 5 nitrogen and oxygen atoms in total. The molecule has 0 unspecified atom stereocenters. The molecule has 0 spiro atoms. The number of rotatable bonds is 5. The van der Waals surface area contributed by atoms with E-state index in [0.29, 0.717) is 4.88 Å². The zero-order valence-corrected chi connectivity index (χ0v) is 18.0. The fourth-order valence-corrected chi connectivity index (χ4v) is 5.29. The van der Waals surface area contributed by atoms with Crippen LogP contribution in [0.5, 0.6) is 0 Å². The largest absolute Gasteiger partial charge is 0.335 e. The highest BCUT2D eigenvalue weighted by atomic mass is 35.5. The molecule has 4 rings (SSSR count). The Morgan fingerprint density at radius 3 is 2.75 bits per heavy atom. The van der Waals surface area contributed by atoms with E-state index in [-0.39, 0.29) is 5.91 Å². The topological polar surface area (TPSA) is 49.3 Å². The van der Waals surface area contributed by atoms with Crippen LogP contribution in [0.1, 0.15) is 27.2 Å². The number of hydrogen-bond acceptors (Lipinski definition) is 6. The second kappa shape index (κ2) is 8.69. The average Bonchev–Trinajstić information content (AvgIpc) is 3.37. The van der Waals surface area contributed by atoms with Crippen LogP contribution < -0.4 is 0 Å². The van der Waals surface area contributed by atoms with E-state index in [1.165, 1.54) is 21.3 Å². The Morgan fingerprint density at radius 1 is 1.18 bits per heavy atom. The fraction of sp³-hybridized carbons (Fsp3) is 0.350. The molecule has 1 aliphatic heterocycles. The van der Waals surface area contributed by atoms with Gasteiger partial charge in [0, 0.05) is 47.5 Å². The van der Waals surface area contributed by atoms with E-state index >= 15 is 0 Å². The van der Waals surface area contributed by atoms with Gasteiger partial charge in [0.15, 0.2) is 0 Å². The molecule has 0 N–H and O–H groups in total. The zero-order valence-electron chi connectivity index (χ0n) is 15.6. The van der Waals surface area contributed by atoms with Gasteiger partial charge in [0.25, 0.3) is 5.91 Å². The second-order valence-electron chi connectivity index (χ2n) is 6.75. The first-order chi connectivity index (χ1) is 13.6. The number of nitrogens with zero attached hydrogens (tertiary/aromatic N) is 4. The molecule has 0 atom stereocenters. The van der Waals surface area contributed by atoms with Crippen molar-refractivity contribution in [2.45, 2.75) is 19.9 Å². The number of aromatic nitrogens is 2. The maximum absolute atomic E-state index is 12.7. The molecule has 0 aliphatic carbocycles. The molecule has 2 aromatic heterocycles. The van der Waals surface area contributed by atoms with Gasteiger partial charge in [-0.1, -0.05) is 35.1 Å². The van der Waals surface area contributed by atoms with E-state index in [2.05, 4.69) is 32.7 Å². The van der Waals surface area contributed by atoms with E-state index in [1.807, 2.05) is 30.0 Å². The lowest BCUT2D eigenvalue weighted by molar-refractivity contribution is 0.0633. The molecule has 28 heavy (non-hydrogen) atoms. The summed E-state index contributed by atoms with van der Waals surface area (Å²) in [6.07, 6.45) is 0.741. The van der Waals surface area contributed by atoms with Gasteiger partial charge >= 0.3 is 0 Å². The third kappa shape index (κ3) is 4.27. The van der Waals surface area contributed by atoms with Crippen LogP contribution in [0.3, 0.4) is 0 Å². The van der Waals surface area contributed by atoms with Crippen LogP contribution in [0.2, 0.25) is 5.02 Å². The molecule has 146 valence electrons. The first-order valence-electron chi connectivity index (χ1n) is 9.31. The Labute approximate surface area is 177 Å². The smallest absolute Gasteiger partial charge is 0.267 e. The van der Waals surface area contributed by atoms with E-state index in [4.69, 9.17) is 11.6 Å².